The highest BCUT2D eigenvalue weighted by atomic mass is 79.9. The minimum absolute atomic E-state index is 0.126. The number of amides is 1. The first-order valence-electron chi connectivity index (χ1n) is 7.65. The zero-order valence-corrected chi connectivity index (χ0v) is 13.9. The third-order valence-corrected chi connectivity index (χ3v) is 6.07. The minimum Gasteiger partial charge on any atom is -0.304 e. The molecule has 0 N–H and O–H groups in total. The molecule has 112 valence electrons. The van der Waals surface area contributed by atoms with Crippen molar-refractivity contribution < 1.29 is 9.59 Å². The van der Waals surface area contributed by atoms with E-state index in [1.54, 1.807) is 4.90 Å². The number of anilines is 1. The number of nitrogens with zero attached hydrogens (tertiary/aromatic N) is 1. The molecule has 1 aliphatic heterocycles. The van der Waals surface area contributed by atoms with Crippen molar-refractivity contribution in [3.05, 3.63) is 29.3 Å². The molecule has 1 aromatic rings. The maximum absolute atomic E-state index is 12.4. The number of carbonyl (C=O) groups is 2. The average molecular weight is 350 g/mol. The van der Waals surface area contributed by atoms with Gasteiger partial charge in [0.2, 0.25) is 0 Å². The van der Waals surface area contributed by atoms with E-state index in [-0.39, 0.29) is 17.1 Å². The van der Waals surface area contributed by atoms with Crippen LogP contribution in [0.2, 0.25) is 0 Å². The lowest BCUT2D eigenvalue weighted by Crippen LogP contribution is -2.40. The molecule has 3 rings (SSSR count). The monoisotopic (exact) mass is 349 g/mol. The van der Waals surface area contributed by atoms with Crippen molar-refractivity contribution in [3.8, 4) is 0 Å². The molecular formula is C17H20BrNO2. The highest BCUT2D eigenvalue weighted by Crippen LogP contribution is 2.42. The van der Waals surface area contributed by atoms with Gasteiger partial charge in [-0.2, -0.15) is 0 Å². The first-order valence-corrected chi connectivity index (χ1v) is 8.77. The van der Waals surface area contributed by atoms with Gasteiger partial charge in [-0.1, -0.05) is 41.8 Å². The van der Waals surface area contributed by atoms with Crippen LogP contribution in [-0.4, -0.2) is 23.6 Å². The number of Topliss-reactive ketones (excluding diaryl/α,β-unsaturated/α-hetero) is 1. The van der Waals surface area contributed by atoms with E-state index in [4.69, 9.17) is 0 Å². The summed E-state index contributed by atoms with van der Waals surface area (Å²) in [6, 6.07) is 5.84. The molecule has 4 heteroatoms. The summed E-state index contributed by atoms with van der Waals surface area (Å²) < 4.78 is 0. The van der Waals surface area contributed by atoms with Crippen molar-refractivity contribution in [1.29, 1.82) is 0 Å². The number of alkyl halides is 1. The molecule has 1 fully saturated rings. The number of hydrogen-bond donors (Lipinski definition) is 0. The molecule has 0 saturated heterocycles. The lowest BCUT2D eigenvalue weighted by atomic mass is 9.88. The van der Waals surface area contributed by atoms with Crippen molar-refractivity contribution in [2.45, 2.75) is 39.0 Å². The second-order valence-electron chi connectivity index (χ2n) is 6.27. The Kier molecular flexibility index (Phi) is 3.91. The fourth-order valence-electron chi connectivity index (χ4n) is 3.52. The predicted molar refractivity (Wildman–Crippen MR) is 87.2 cm³/mol. The van der Waals surface area contributed by atoms with Gasteiger partial charge in [-0.3, -0.25) is 9.59 Å². The van der Waals surface area contributed by atoms with Crippen molar-refractivity contribution in [2.24, 2.45) is 5.41 Å². The minimum atomic E-state index is -0.356. The Hall–Kier alpha value is -1.16. The molecule has 3 nitrogen and oxygen atoms in total. The van der Waals surface area contributed by atoms with Gasteiger partial charge >= 0.3 is 0 Å². The summed E-state index contributed by atoms with van der Waals surface area (Å²) in [5.74, 6) is -0.700. The Morgan fingerprint density at radius 1 is 1.24 bits per heavy atom. The molecule has 0 unspecified atom stereocenters. The average Bonchev–Trinajstić information content (AvgIpc) is 3.07. The molecule has 1 aliphatic carbocycles. The second kappa shape index (κ2) is 5.56. The van der Waals surface area contributed by atoms with Gasteiger partial charge in [0.1, 0.15) is 0 Å². The Balaban J connectivity index is 1.94. The summed E-state index contributed by atoms with van der Waals surface area (Å²) in [6.45, 7) is 2.71. The topological polar surface area (TPSA) is 37.4 Å². The number of hydrogen-bond acceptors (Lipinski definition) is 2. The van der Waals surface area contributed by atoms with E-state index in [9.17, 15) is 9.59 Å². The van der Waals surface area contributed by atoms with Gasteiger partial charge in [0.05, 0.1) is 11.3 Å². The Bertz CT molecular complexity index is 590. The fraction of sp³-hybridized carbons (Fsp3) is 0.529. The SMILES string of the molecule is CCc1ccc2c(c1)C(=O)C(=O)N2CC1(CBr)CCCC1. The van der Waals surface area contributed by atoms with Crippen LogP contribution in [0.15, 0.2) is 18.2 Å². The fourth-order valence-corrected chi connectivity index (χ4v) is 4.26. The number of fused-ring (bicyclic) bond motifs is 1. The van der Waals surface area contributed by atoms with Crippen LogP contribution in [-0.2, 0) is 11.2 Å². The van der Waals surface area contributed by atoms with Crippen molar-refractivity contribution >= 4 is 33.3 Å². The van der Waals surface area contributed by atoms with Gasteiger partial charge in [0, 0.05) is 11.9 Å². The van der Waals surface area contributed by atoms with Gasteiger partial charge < -0.3 is 4.90 Å². The molecule has 1 aromatic carbocycles. The second-order valence-corrected chi connectivity index (χ2v) is 6.83. The first kappa shape index (κ1) is 14.8. The molecular weight excluding hydrogens is 330 g/mol. The Morgan fingerprint density at radius 3 is 2.57 bits per heavy atom. The van der Waals surface area contributed by atoms with E-state index in [1.807, 2.05) is 18.2 Å². The quantitative estimate of drug-likeness (QED) is 0.613. The molecule has 1 amide bonds. The van der Waals surface area contributed by atoms with Crippen molar-refractivity contribution in [2.75, 3.05) is 16.8 Å². The predicted octanol–water partition coefficient (Wildman–Crippen LogP) is 3.73. The molecule has 1 saturated carbocycles. The van der Waals surface area contributed by atoms with Gasteiger partial charge in [-0.05, 0) is 42.4 Å². The van der Waals surface area contributed by atoms with Crippen LogP contribution >= 0.6 is 15.9 Å². The summed E-state index contributed by atoms with van der Waals surface area (Å²) >= 11 is 3.62. The standard InChI is InChI=1S/C17H20BrNO2/c1-2-12-5-6-14-13(9-12)15(20)16(21)19(14)11-17(10-18)7-3-4-8-17/h5-6,9H,2-4,7-8,10-11H2,1H3. The number of rotatable bonds is 4. The summed E-state index contributed by atoms with van der Waals surface area (Å²) in [5, 5.41) is 0.889. The van der Waals surface area contributed by atoms with E-state index >= 15 is 0 Å². The Morgan fingerprint density at radius 2 is 1.95 bits per heavy atom. The molecule has 0 atom stereocenters. The lowest BCUT2D eigenvalue weighted by Gasteiger charge is -2.31. The largest absolute Gasteiger partial charge is 0.304 e. The molecule has 21 heavy (non-hydrogen) atoms. The summed E-state index contributed by atoms with van der Waals surface area (Å²) in [6.07, 6.45) is 5.55. The van der Waals surface area contributed by atoms with Crippen LogP contribution < -0.4 is 4.90 Å². The van der Waals surface area contributed by atoms with Crippen molar-refractivity contribution in [3.63, 3.8) is 0 Å². The van der Waals surface area contributed by atoms with E-state index in [0.29, 0.717) is 12.1 Å². The van der Waals surface area contributed by atoms with Crippen LogP contribution in [0, 0.1) is 5.41 Å². The molecule has 0 spiro atoms. The van der Waals surface area contributed by atoms with Gasteiger partial charge in [0.25, 0.3) is 11.7 Å². The van der Waals surface area contributed by atoms with E-state index in [1.165, 1.54) is 12.8 Å². The van der Waals surface area contributed by atoms with Gasteiger partial charge in [-0.15, -0.1) is 0 Å². The first-order chi connectivity index (χ1) is 10.1. The number of ketones is 1. The smallest absolute Gasteiger partial charge is 0.299 e. The number of benzene rings is 1. The normalized spacial score (nSPS) is 20.2. The number of carbonyl (C=O) groups excluding carboxylic acids is 2. The van der Waals surface area contributed by atoms with Crippen LogP contribution in [0.25, 0.3) is 0 Å². The zero-order valence-electron chi connectivity index (χ0n) is 12.3. The maximum atomic E-state index is 12.4. The number of halogens is 1. The van der Waals surface area contributed by atoms with Gasteiger partial charge in [0.15, 0.2) is 0 Å². The van der Waals surface area contributed by atoms with E-state index in [0.717, 1.165) is 35.8 Å². The van der Waals surface area contributed by atoms with Crippen LogP contribution in [0.3, 0.4) is 0 Å². The van der Waals surface area contributed by atoms with Gasteiger partial charge in [-0.25, -0.2) is 0 Å². The molecule has 0 aromatic heterocycles. The van der Waals surface area contributed by atoms with Crippen LogP contribution in [0.5, 0.6) is 0 Å². The van der Waals surface area contributed by atoms with E-state index < -0.39 is 0 Å². The van der Waals surface area contributed by atoms with Crippen molar-refractivity contribution in [1.82, 2.24) is 0 Å². The third kappa shape index (κ3) is 2.44. The maximum Gasteiger partial charge on any atom is 0.299 e. The Labute approximate surface area is 133 Å². The third-order valence-electron chi connectivity index (χ3n) is 4.89. The van der Waals surface area contributed by atoms with E-state index in [2.05, 4.69) is 22.9 Å². The molecule has 0 radical (unpaired) electrons. The molecule has 2 aliphatic rings. The highest BCUT2D eigenvalue weighted by molar-refractivity contribution is 9.09. The summed E-state index contributed by atoms with van der Waals surface area (Å²) in [7, 11) is 0. The highest BCUT2D eigenvalue weighted by Gasteiger charge is 2.42. The molecule has 0 bridgehead atoms. The van der Waals surface area contributed by atoms with Crippen LogP contribution in [0.1, 0.15) is 48.5 Å². The summed E-state index contributed by atoms with van der Waals surface area (Å²) in [5.41, 5.74) is 2.62. The summed E-state index contributed by atoms with van der Waals surface area (Å²) in [4.78, 5) is 26.3. The lowest BCUT2D eigenvalue weighted by molar-refractivity contribution is -0.114. The zero-order chi connectivity index (χ0) is 15.0. The molecule has 1 heterocycles. The number of aryl methyl sites for hydroxylation is 1. The van der Waals surface area contributed by atoms with Crippen LogP contribution in [0.4, 0.5) is 5.69 Å².